The number of fused-ring (bicyclic) bond motifs is 1. The monoisotopic (exact) mass is 228 g/mol. The van der Waals surface area contributed by atoms with Gasteiger partial charge in [-0.25, -0.2) is 0 Å². The third kappa shape index (κ3) is 2.59. The van der Waals surface area contributed by atoms with Crippen LogP contribution in [0.15, 0.2) is 35.9 Å². The molecule has 2 heterocycles. The van der Waals surface area contributed by atoms with Gasteiger partial charge in [-0.05, 0) is 18.4 Å². The van der Waals surface area contributed by atoms with Crippen molar-refractivity contribution in [3.63, 3.8) is 0 Å². The van der Waals surface area contributed by atoms with E-state index in [9.17, 15) is 0 Å². The number of nitrogens with zero attached hydrogens (tertiary/aromatic N) is 1. The van der Waals surface area contributed by atoms with Gasteiger partial charge in [0, 0.05) is 32.2 Å². The molecule has 2 fully saturated rings. The van der Waals surface area contributed by atoms with Gasteiger partial charge >= 0.3 is 0 Å². The summed E-state index contributed by atoms with van der Waals surface area (Å²) in [4.78, 5) is 2.63. The second-order valence-corrected chi connectivity index (χ2v) is 5.08. The van der Waals surface area contributed by atoms with Gasteiger partial charge in [0.15, 0.2) is 0 Å². The molecule has 0 saturated carbocycles. The highest BCUT2D eigenvalue weighted by atomic mass is 15.2. The van der Waals surface area contributed by atoms with Crippen LogP contribution in [0.25, 0.3) is 6.08 Å². The van der Waals surface area contributed by atoms with Crippen molar-refractivity contribution in [2.75, 3.05) is 26.2 Å². The zero-order chi connectivity index (χ0) is 11.5. The molecule has 1 N–H and O–H groups in total. The van der Waals surface area contributed by atoms with E-state index in [0.717, 1.165) is 12.6 Å². The summed E-state index contributed by atoms with van der Waals surface area (Å²) in [6.07, 6.45) is 4.95. The molecule has 2 saturated heterocycles. The number of hydrogen-bond acceptors (Lipinski definition) is 2. The lowest BCUT2D eigenvalue weighted by atomic mass is 9.95. The Morgan fingerprint density at radius 3 is 3.00 bits per heavy atom. The molecule has 1 aromatic rings. The molecule has 0 amide bonds. The minimum absolute atomic E-state index is 0.775. The fourth-order valence-corrected chi connectivity index (χ4v) is 2.89. The summed E-state index contributed by atoms with van der Waals surface area (Å²) in [5, 5.41) is 3.49. The average molecular weight is 228 g/mol. The average Bonchev–Trinajstić information content (AvgIpc) is 2.40. The molecule has 2 aliphatic heterocycles. The van der Waals surface area contributed by atoms with Gasteiger partial charge in [0.25, 0.3) is 0 Å². The number of rotatable bonds is 1. The van der Waals surface area contributed by atoms with Gasteiger partial charge in [-0.15, -0.1) is 0 Å². The summed E-state index contributed by atoms with van der Waals surface area (Å²) in [7, 11) is 0. The molecule has 2 heteroatoms. The van der Waals surface area contributed by atoms with Crippen LogP contribution < -0.4 is 5.32 Å². The lowest BCUT2D eigenvalue weighted by molar-refractivity contribution is 0.147. The topological polar surface area (TPSA) is 15.3 Å². The maximum absolute atomic E-state index is 3.49. The van der Waals surface area contributed by atoms with Gasteiger partial charge in [-0.2, -0.15) is 0 Å². The lowest BCUT2D eigenvalue weighted by Crippen LogP contribution is -2.53. The summed E-state index contributed by atoms with van der Waals surface area (Å²) in [6, 6.07) is 11.5. The van der Waals surface area contributed by atoms with Gasteiger partial charge in [-0.3, -0.25) is 4.90 Å². The molecule has 0 spiro atoms. The zero-order valence-electron chi connectivity index (χ0n) is 10.2. The maximum Gasteiger partial charge on any atom is 0.0227 e. The standard InChI is InChI=1S/C15H20N2/c1-2-4-13(5-3-1)10-14-6-7-15-11-16-8-9-17(15)12-14/h1-5,10,15-16H,6-9,11-12H2/b14-10-. The quantitative estimate of drug-likeness (QED) is 0.792. The maximum atomic E-state index is 3.49. The van der Waals surface area contributed by atoms with E-state index < -0.39 is 0 Å². The minimum atomic E-state index is 0.775. The van der Waals surface area contributed by atoms with Crippen LogP contribution >= 0.6 is 0 Å². The van der Waals surface area contributed by atoms with Gasteiger partial charge in [-0.1, -0.05) is 42.0 Å². The Kier molecular flexibility index (Phi) is 3.25. The Bertz CT molecular complexity index is 397. The van der Waals surface area contributed by atoms with Crippen LogP contribution in [0.5, 0.6) is 0 Å². The summed E-state index contributed by atoms with van der Waals surface area (Å²) < 4.78 is 0. The Hall–Kier alpha value is -1.12. The molecule has 3 rings (SSSR count). The van der Waals surface area contributed by atoms with Crippen molar-refractivity contribution >= 4 is 6.08 Å². The second-order valence-electron chi connectivity index (χ2n) is 5.08. The van der Waals surface area contributed by atoms with E-state index in [4.69, 9.17) is 0 Å². The van der Waals surface area contributed by atoms with Crippen LogP contribution in [0.4, 0.5) is 0 Å². The van der Waals surface area contributed by atoms with E-state index in [0.29, 0.717) is 0 Å². The Balaban J connectivity index is 1.71. The molecule has 2 nitrogen and oxygen atoms in total. The highest BCUT2D eigenvalue weighted by molar-refractivity contribution is 5.53. The van der Waals surface area contributed by atoms with Crippen molar-refractivity contribution in [3.8, 4) is 0 Å². The van der Waals surface area contributed by atoms with Gasteiger partial charge in [0.1, 0.15) is 0 Å². The zero-order valence-corrected chi connectivity index (χ0v) is 10.2. The first-order valence-electron chi connectivity index (χ1n) is 6.61. The second kappa shape index (κ2) is 5.03. The highest BCUT2D eigenvalue weighted by Crippen LogP contribution is 2.23. The molecule has 0 aromatic heterocycles. The number of benzene rings is 1. The first-order chi connectivity index (χ1) is 8.42. The molecular formula is C15H20N2. The molecule has 1 aromatic carbocycles. The fourth-order valence-electron chi connectivity index (χ4n) is 2.89. The molecule has 1 unspecified atom stereocenters. The molecule has 0 aliphatic carbocycles. The number of nitrogens with one attached hydrogen (secondary N) is 1. The predicted molar refractivity (Wildman–Crippen MR) is 71.9 cm³/mol. The van der Waals surface area contributed by atoms with Crippen LogP contribution in [-0.4, -0.2) is 37.1 Å². The Morgan fingerprint density at radius 2 is 2.12 bits per heavy atom. The largest absolute Gasteiger partial charge is 0.314 e. The third-order valence-electron chi connectivity index (χ3n) is 3.85. The van der Waals surface area contributed by atoms with Crippen molar-refractivity contribution in [3.05, 3.63) is 41.5 Å². The van der Waals surface area contributed by atoms with Crippen LogP contribution in [0.1, 0.15) is 18.4 Å². The van der Waals surface area contributed by atoms with Crippen LogP contribution in [0.2, 0.25) is 0 Å². The Labute approximate surface area is 103 Å². The van der Waals surface area contributed by atoms with Crippen LogP contribution in [0.3, 0.4) is 0 Å². The van der Waals surface area contributed by atoms with Gasteiger partial charge < -0.3 is 5.32 Å². The molecule has 90 valence electrons. The van der Waals surface area contributed by atoms with E-state index in [1.54, 1.807) is 5.57 Å². The fraction of sp³-hybridized carbons (Fsp3) is 0.467. The first-order valence-corrected chi connectivity index (χ1v) is 6.61. The van der Waals surface area contributed by atoms with Crippen molar-refractivity contribution < 1.29 is 0 Å². The SMILES string of the molecule is C(=C1\CCC2CNCCN2C1)/c1ccccc1. The number of piperazine rings is 1. The smallest absolute Gasteiger partial charge is 0.0227 e. The first kappa shape index (κ1) is 11.0. The molecule has 0 radical (unpaired) electrons. The van der Waals surface area contributed by atoms with Crippen molar-refractivity contribution in [1.29, 1.82) is 0 Å². The normalized spacial score (nSPS) is 28.0. The Morgan fingerprint density at radius 1 is 1.24 bits per heavy atom. The lowest BCUT2D eigenvalue weighted by Gasteiger charge is -2.40. The molecule has 1 atom stereocenters. The third-order valence-corrected chi connectivity index (χ3v) is 3.85. The summed E-state index contributed by atoms with van der Waals surface area (Å²) >= 11 is 0. The molecule has 17 heavy (non-hydrogen) atoms. The summed E-state index contributed by atoms with van der Waals surface area (Å²) in [5.74, 6) is 0. The number of piperidine rings is 1. The van der Waals surface area contributed by atoms with Crippen molar-refractivity contribution in [2.24, 2.45) is 0 Å². The van der Waals surface area contributed by atoms with E-state index >= 15 is 0 Å². The van der Waals surface area contributed by atoms with Crippen LogP contribution in [-0.2, 0) is 0 Å². The van der Waals surface area contributed by atoms with E-state index in [1.807, 2.05) is 0 Å². The van der Waals surface area contributed by atoms with Gasteiger partial charge in [0.2, 0.25) is 0 Å². The van der Waals surface area contributed by atoms with Crippen LogP contribution in [0, 0.1) is 0 Å². The highest BCUT2D eigenvalue weighted by Gasteiger charge is 2.26. The molecule has 2 aliphatic rings. The van der Waals surface area contributed by atoms with Crippen molar-refractivity contribution in [2.45, 2.75) is 18.9 Å². The number of hydrogen-bond donors (Lipinski definition) is 1. The predicted octanol–water partition coefficient (Wildman–Crippen LogP) is 2.14. The minimum Gasteiger partial charge on any atom is -0.314 e. The molecule has 0 bridgehead atoms. The van der Waals surface area contributed by atoms with E-state index in [-0.39, 0.29) is 0 Å². The van der Waals surface area contributed by atoms with Crippen molar-refractivity contribution in [1.82, 2.24) is 10.2 Å². The van der Waals surface area contributed by atoms with Gasteiger partial charge in [0.05, 0.1) is 0 Å². The van der Waals surface area contributed by atoms with E-state index in [1.165, 1.54) is 38.0 Å². The summed E-state index contributed by atoms with van der Waals surface area (Å²) in [5.41, 5.74) is 2.94. The summed E-state index contributed by atoms with van der Waals surface area (Å²) in [6.45, 7) is 4.70. The molecular weight excluding hydrogens is 208 g/mol. The van der Waals surface area contributed by atoms with E-state index in [2.05, 4.69) is 46.6 Å².